The molecule has 0 saturated carbocycles. The van der Waals surface area contributed by atoms with Gasteiger partial charge in [-0.05, 0) is 0 Å². The Balaban J connectivity index is 1.79. The SMILES string of the molecule is CCc1ccc(CC)c2c1C=C(C)[CH]2[Hf][CH]1C(C)=Cc2c(CC)ccc(CC)c21. The van der Waals surface area contributed by atoms with Gasteiger partial charge in [-0.3, -0.25) is 0 Å². The van der Waals surface area contributed by atoms with Gasteiger partial charge >= 0.3 is 190 Å². The van der Waals surface area contributed by atoms with Crippen LogP contribution in [0.3, 0.4) is 0 Å². The van der Waals surface area contributed by atoms with Crippen molar-refractivity contribution in [3.05, 3.63) is 79.9 Å². The molecule has 2 aliphatic rings. The normalized spacial score (nSPS) is 19.7. The van der Waals surface area contributed by atoms with Gasteiger partial charge in [0.15, 0.2) is 0 Å². The molecule has 0 N–H and O–H groups in total. The summed E-state index contributed by atoms with van der Waals surface area (Å²) in [5.74, 6) is 0. The average Bonchev–Trinajstić information content (AvgIpc) is 3.24. The van der Waals surface area contributed by atoms with E-state index in [0.29, 0.717) is 0 Å². The van der Waals surface area contributed by atoms with Gasteiger partial charge in [-0.1, -0.05) is 0 Å². The first kappa shape index (κ1) is 21.0. The van der Waals surface area contributed by atoms with E-state index in [0.717, 1.165) is 33.0 Å². The molecule has 0 heterocycles. The number of aryl methyl sites for hydroxylation is 4. The Hall–Kier alpha value is -1.21. The van der Waals surface area contributed by atoms with Crippen molar-refractivity contribution in [2.75, 3.05) is 0 Å². The zero-order valence-electron chi connectivity index (χ0n) is 18.9. The molecule has 0 aliphatic heterocycles. The van der Waals surface area contributed by atoms with Gasteiger partial charge in [-0.25, -0.2) is 0 Å². The molecule has 4 rings (SSSR count). The van der Waals surface area contributed by atoms with Gasteiger partial charge in [0, 0.05) is 0 Å². The molecular formula is C28H34Hf. The van der Waals surface area contributed by atoms with Gasteiger partial charge in [0.2, 0.25) is 0 Å². The number of rotatable bonds is 6. The number of allylic oxidation sites excluding steroid dienone is 2. The van der Waals surface area contributed by atoms with Gasteiger partial charge in [0.05, 0.1) is 0 Å². The Morgan fingerprint density at radius 3 is 1.28 bits per heavy atom. The summed E-state index contributed by atoms with van der Waals surface area (Å²) in [5.41, 5.74) is 16.2. The van der Waals surface area contributed by atoms with Crippen LogP contribution in [0.25, 0.3) is 12.2 Å². The quantitative estimate of drug-likeness (QED) is 0.325. The maximum atomic E-state index is 2.54. The van der Waals surface area contributed by atoms with Crippen LogP contribution in [0.1, 0.15) is 93.4 Å². The molecule has 0 bridgehead atoms. The van der Waals surface area contributed by atoms with E-state index >= 15 is 0 Å². The van der Waals surface area contributed by atoms with Crippen LogP contribution in [0, 0.1) is 0 Å². The van der Waals surface area contributed by atoms with Crippen LogP contribution in [0.15, 0.2) is 35.4 Å². The summed E-state index contributed by atoms with van der Waals surface area (Å²) in [6, 6.07) is 9.63. The van der Waals surface area contributed by atoms with Crippen LogP contribution in [-0.4, -0.2) is 0 Å². The van der Waals surface area contributed by atoms with E-state index < -0.39 is 22.9 Å². The van der Waals surface area contributed by atoms with E-state index in [1.54, 1.807) is 55.7 Å². The number of hydrogen-bond acceptors (Lipinski definition) is 0. The van der Waals surface area contributed by atoms with Crippen molar-refractivity contribution in [1.82, 2.24) is 0 Å². The number of hydrogen-bond donors (Lipinski definition) is 0. The molecule has 2 unspecified atom stereocenters. The van der Waals surface area contributed by atoms with Gasteiger partial charge < -0.3 is 0 Å². The summed E-state index contributed by atoms with van der Waals surface area (Å²) in [4.78, 5) is 0. The molecule has 0 radical (unpaired) electrons. The summed E-state index contributed by atoms with van der Waals surface area (Å²) in [6.07, 6.45) is 9.68. The molecule has 0 amide bonds. The van der Waals surface area contributed by atoms with Crippen molar-refractivity contribution < 1.29 is 22.9 Å². The van der Waals surface area contributed by atoms with Crippen molar-refractivity contribution in [3.8, 4) is 0 Å². The molecule has 0 saturated heterocycles. The maximum absolute atomic E-state index is 2.54. The van der Waals surface area contributed by atoms with E-state index in [4.69, 9.17) is 0 Å². The molecule has 0 nitrogen and oxygen atoms in total. The molecule has 2 aliphatic carbocycles. The first-order valence-corrected chi connectivity index (χ1v) is 15.6. The van der Waals surface area contributed by atoms with Crippen LogP contribution >= 0.6 is 0 Å². The van der Waals surface area contributed by atoms with E-state index in [9.17, 15) is 0 Å². The second-order valence-corrected chi connectivity index (χ2v) is 14.0. The summed E-state index contributed by atoms with van der Waals surface area (Å²) in [6.45, 7) is 14.1. The second kappa shape index (κ2) is 8.50. The molecule has 0 fully saturated rings. The third-order valence-corrected chi connectivity index (χ3v) is 14.8. The molecular weight excluding hydrogens is 515 g/mol. The summed E-state index contributed by atoms with van der Waals surface area (Å²) in [5, 5.41) is 0. The summed E-state index contributed by atoms with van der Waals surface area (Å²) < 4.78 is 1.50. The first-order chi connectivity index (χ1) is 14.0. The van der Waals surface area contributed by atoms with E-state index in [1.807, 2.05) is 0 Å². The molecule has 2 aromatic carbocycles. The Morgan fingerprint density at radius 2 is 0.931 bits per heavy atom. The zero-order chi connectivity index (χ0) is 20.7. The Kier molecular flexibility index (Phi) is 6.17. The first-order valence-electron chi connectivity index (χ1n) is 11.5. The standard InChI is InChI=1S/2C14H17.Hf/c2*1-4-11-6-7-12(5-2)14-9-10(3)8-13(11)14;/h2*6-9H,4-5H2,1-3H3;. The fraction of sp³-hybridized carbons (Fsp3) is 0.429. The molecule has 2 atom stereocenters. The van der Waals surface area contributed by atoms with Crippen molar-refractivity contribution in [1.29, 1.82) is 0 Å². The van der Waals surface area contributed by atoms with E-state index in [1.165, 1.54) is 0 Å². The molecule has 2 aromatic rings. The Morgan fingerprint density at radius 1 is 0.586 bits per heavy atom. The van der Waals surface area contributed by atoms with Crippen LogP contribution in [0.5, 0.6) is 0 Å². The number of fused-ring (bicyclic) bond motifs is 2. The molecule has 150 valence electrons. The predicted octanol–water partition coefficient (Wildman–Crippen LogP) is 7.63. The fourth-order valence-electron chi connectivity index (χ4n) is 5.38. The average molecular weight is 549 g/mol. The minimum absolute atomic E-state index is 0.751. The van der Waals surface area contributed by atoms with Crippen molar-refractivity contribution in [2.24, 2.45) is 0 Å². The van der Waals surface area contributed by atoms with Crippen LogP contribution in [-0.2, 0) is 48.6 Å². The second-order valence-electron chi connectivity index (χ2n) is 8.65. The Labute approximate surface area is 188 Å². The third kappa shape index (κ3) is 3.48. The zero-order valence-corrected chi connectivity index (χ0v) is 22.5. The molecule has 1 heteroatoms. The van der Waals surface area contributed by atoms with Crippen LogP contribution in [0.4, 0.5) is 0 Å². The summed E-state index contributed by atoms with van der Waals surface area (Å²) in [7, 11) is 0. The van der Waals surface area contributed by atoms with Crippen LogP contribution in [0.2, 0.25) is 0 Å². The molecule has 0 aromatic heterocycles. The summed E-state index contributed by atoms with van der Waals surface area (Å²) >= 11 is -1.04. The minimum atomic E-state index is -1.04. The van der Waals surface area contributed by atoms with Gasteiger partial charge in [-0.15, -0.1) is 0 Å². The predicted molar refractivity (Wildman–Crippen MR) is 123 cm³/mol. The van der Waals surface area contributed by atoms with Gasteiger partial charge in [0.25, 0.3) is 0 Å². The van der Waals surface area contributed by atoms with Gasteiger partial charge in [0.1, 0.15) is 0 Å². The molecule has 29 heavy (non-hydrogen) atoms. The monoisotopic (exact) mass is 550 g/mol. The van der Waals surface area contributed by atoms with Crippen molar-refractivity contribution in [3.63, 3.8) is 0 Å². The number of benzene rings is 2. The fourth-order valence-corrected chi connectivity index (χ4v) is 12.7. The molecule has 0 spiro atoms. The van der Waals surface area contributed by atoms with Crippen molar-refractivity contribution in [2.45, 2.75) is 74.6 Å². The van der Waals surface area contributed by atoms with E-state index in [-0.39, 0.29) is 0 Å². The van der Waals surface area contributed by atoms with Crippen molar-refractivity contribution >= 4 is 12.2 Å². The topological polar surface area (TPSA) is 0 Å². The Bertz CT molecular complexity index is 924. The van der Waals surface area contributed by atoms with E-state index in [2.05, 4.69) is 78.0 Å². The van der Waals surface area contributed by atoms with Gasteiger partial charge in [-0.2, -0.15) is 0 Å². The third-order valence-electron chi connectivity index (χ3n) is 7.02. The van der Waals surface area contributed by atoms with Crippen LogP contribution < -0.4 is 0 Å².